The minimum Gasteiger partial charge on any atom is -0.444 e. The van der Waals surface area contributed by atoms with Crippen LogP contribution in [0.15, 0.2) is 0 Å². The van der Waals surface area contributed by atoms with Crippen LogP contribution in [0.5, 0.6) is 0 Å². The third-order valence-electron chi connectivity index (χ3n) is 1.81. The van der Waals surface area contributed by atoms with Crippen molar-refractivity contribution in [1.82, 2.24) is 5.32 Å². The zero-order valence-corrected chi connectivity index (χ0v) is 11.7. The first-order valence-electron chi connectivity index (χ1n) is 5.22. The van der Waals surface area contributed by atoms with E-state index in [-0.39, 0.29) is 16.4 Å². The molecule has 0 aliphatic carbocycles. The van der Waals surface area contributed by atoms with Crippen molar-refractivity contribution in [3.05, 3.63) is 0 Å². The average molecular weight is 246 g/mol. The van der Waals surface area contributed by atoms with Crippen LogP contribution in [-0.2, 0) is 4.74 Å². The average Bonchev–Trinajstić information content (AvgIpc) is 1.93. The Morgan fingerprint density at radius 3 is 1.94 bits per heavy atom. The maximum Gasteiger partial charge on any atom is 0.408 e. The molecule has 0 spiro atoms. The third-order valence-corrected chi connectivity index (χ3v) is 2.05. The highest BCUT2D eigenvalue weighted by Crippen LogP contribution is 2.20. The molecule has 0 saturated carbocycles. The zero-order valence-electron chi connectivity index (χ0n) is 10.9. The number of carbonyl (C=O) groups excluding carboxylic acids is 1. The molecule has 0 aromatic rings. The maximum atomic E-state index is 11.6. The Labute approximate surface area is 103 Å². The molecule has 0 aromatic carbocycles. The second-order valence-electron chi connectivity index (χ2n) is 5.85. The molecule has 0 radical (unpaired) electrons. The number of nitrogens with one attached hydrogen (secondary N) is 1. The van der Waals surface area contributed by atoms with Gasteiger partial charge in [0, 0.05) is 0 Å². The lowest BCUT2D eigenvalue weighted by molar-refractivity contribution is 0.0491. The summed E-state index contributed by atoms with van der Waals surface area (Å²) in [7, 11) is 0. The Bertz CT molecular complexity index is 277. The van der Waals surface area contributed by atoms with Crippen LogP contribution in [0.3, 0.4) is 0 Å². The Balaban J connectivity index is 4.56. The molecular formula is C11H22N2O2S. The number of hydrogen-bond acceptors (Lipinski definition) is 3. The molecule has 16 heavy (non-hydrogen) atoms. The van der Waals surface area contributed by atoms with E-state index >= 15 is 0 Å². The molecular weight excluding hydrogens is 224 g/mol. The third kappa shape index (κ3) is 5.90. The largest absolute Gasteiger partial charge is 0.444 e. The van der Waals surface area contributed by atoms with Crippen LogP contribution in [-0.4, -0.2) is 22.7 Å². The Morgan fingerprint density at radius 2 is 1.69 bits per heavy atom. The fourth-order valence-electron chi connectivity index (χ4n) is 1.14. The van der Waals surface area contributed by atoms with E-state index in [1.54, 1.807) is 20.8 Å². The first-order valence-corrected chi connectivity index (χ1v) is 5.63. The Kier molecular flexibility index (Phi) is 4.73. The van der Waals surface area contributed by atoms with Crippen LogP contribution in [0.4, 0.5) is 4.79 Å². The van der Waals surface area contributed by atoms with Gasteiger partial charge >= 0.3 is 6.09 Å². The second kappa shape index (κ2) is 4.99. The number of carbonyl (C=O) groups is 1. The number of nitrogens with two attached hydrogens (primary N) is 1. The van der Waals surface area contributed by atoms with Gasteiger partial charge in [-0.25, -0.2) is 4.79 Å². The van der Waals surface area contributed by atoms with Crippen molar-refractivity contribution in [2.24, 2.45) is 11.1 Å². The summed E-state index contributed by atoms with van der Waals surface area (Å²) in [6, 6.07) is -0.377. The minimum absolute atomic E-state index is 0.233. The van der Waals surface area contributed by atoms with Crippen LogP contribution >= 0.6 is 12.2 Å². The van der Waals surface area contributed by atoms with Gasteiger partial charge in [0.05, 0.1) is 11.0 Å². The zero-order chi connectivity index (χ0) is 13.1. The Morgan fingerprint density at radius 1 is 1.25 bits per heavy atom. The molecule has 94 valence electrons. The van der Waals surface area contributed by atoms with Crippen LogP contribution in [0.2, 0.25) is 0 Å². The highest BCUT2D eigenvalue weighted by atomic mass is 32.1. The lowest BCUT2D eigenvalue weighted by Crippen LogP contribution is -2.52. The minimum atomic E-state index is -0.525. The summed E-state index contributed by atoms with van der Waals surface area (Å²) >= 11 is 4.93. The fourth-order valence-corrected chi connectivity index (χ4v) is 1.55. The molecule has 1 atom stereocenters. The normalized spacial score (nSPS) is 14.1. The molecule has 0 fully saturated rings. The summed E-state index contributed by atoms with van der Waals surface area (Å²) in [6.07, 6.45) is -0.500. The smallest absolute Gasteiger partial charge is 0.408 e. The van der Waals surface area contributed by atoms with E-state index in [2.05, 4.69) is 5.32 Å². The van der Waals surface area contributed by atoms with Gasteiger partial charge in [0.1, 0.15) is 5.60 Å². The van der Waals surface area contributed by atoms with Gasteiger partial charge in [0.15, 0.2) is 0 Å². The summed E-state index contributed by atoms with van der Waals surface area (Å²) in [5, 5.41) is 2.69. The SMILES string of the molecule is CC(C)(C)OC(=O)NC(C(N)=S)C(C)(C)C. The van der Waals surface area contributed by atoms with E-state index in [0.717, 1.165) is 0 Å². The van der Waals surface area contributed by atoms with E-state index in [0.29, 0.717) is 0 Å². The van der Waals surface area contributed by atoms with Gasteiger partial charge in [-0.1, -0.05) is 33.0 Å². The lowest BCUT2D eigenvalue weighted by atomic mass is 9.87. The number of amides is 1. The van der Waals surface area contributed by atoms with Crippen molar-refractivity contribution in [3.8, 4) is 0 Å². The number of ether oxygens (including phenoxy) is 1. The van der Waals surface area contributed by atoms with Crippen LogP contribution in [0.25, 0.3) is 0 Å². The summed E-state index contributed by atoms with van der Waals surface area (Å²) in [5.74, 6) is 0. The fraction of sp³-hybridized carbons (Fsp3) is 0.818. The molecule has 0 aromatic heterocycles. The molecule has 4 nitrogen and oxygen atoms in total. The molecule has 5 heteroatoms. The van der Waals surface area contributed by atoms with Crippen molar-refractivity contribution < 1.29 is 9.53 Å². The predicted octanol–water partition coefficient (Wildman–Crippen LogP) is 2.21. The monoisotopic (exact) mass is 246 g/mol. The van der Waals surface area contributed by atoms with Gasteiger partial charge in [-0.3, -0.25) is 0 Å². The molecule has 0 saturated heterocycles. The highest BCUT2D eigenvalue weighted by molar-refractivity contribution is 7.80. The van der Waals surface area contributed by atoms with Crippen molar-refractivity contribution in [2.75, 3.05) is 0 Å². The van der Waals surface area contributed by atoms with Gasteiger partial charge in [-0.15, -0.1) is 0 Å². The molecule has 0 rings (SSSR count). The molecule has 1 unspecified atom stereocenters. The van der Waals surface area contributed by atoms with Crippen molar-refractivity contribution in [1.29, 1.82) is 0 Å². The number of thiocarbonyl (C=S) groups is 1. The van der Waals surface area contributed by atoms with Crippen molar-refractivity contribution in [2.45, 2.75) is 53.2 Å². The maximum absolute atomic E-state index is 11.6. The van der Waals surface area contributed by atoms with Gasteiger partial charge in [0.2, 0.25) is 0 Å². The molecule has 1 amide bonds. The second-order valence-corrected chi connectivity index (χ2v) is 6.32. The van der Waals surface area contributed by atoms with Crippen LogP contribution in [0, 0.1) is 5.41 Å². The van der Waals surface area contributed by atoms with Gasteiger partial charge < -0.3 is 15.8 Å². The van der Waals surface area contributed by atoms with Gasteiger partial charge in [-0.2, -0.15) is 0 Å². The predicted molar refractivity (Wildman–Crippen MR) is 69.4 cm³/mol. The molecule has 0 bridgehead atoms. The number of rotatable bonds is 2. The van der Waals surface area contributed by atoms with E-state index < -0.39 is 11.7 Å². The molecule has 0 heterocycles. The molecule has 3 N–H and O–H groups in total. The number of hydrogen-bond donors (Lipinski definition) is 2. The summed E-state index contributed by atoms with van der Waals surface area (Å²) in [4.78, 5) is 11.8. The standard InChI is InChI=1S/C11H22N2O2S/c1-10(2,3)7(8(12)16)13-9(14)15-11(4,5)6/h7H,1-6H3,(H2,12,16)(H,13,14). The lowest BCUT2D eigenvalue weighted by Gasteiger charge is -2.31. The van der Waals surface area contributed by atoms with Crippen LogP contribution in [0.1, 0.15) is 41.5 Å². The molecule has 0 aliphatic rings. The van der Waals surface area contributed by atoms with E-state index in [9.17, 15) is 4.79 Å². The van der Waals surface area contributed by atoms with Crippen molar-refractivity contribution >= 4 is 23.3 Å². The first kappa shape index (κ1) is 15.2. The summed E-state index contributed by atoms with van der Waals surface area (Å²) < 4.78 is 5.15. The van der Waals surface area contributed by atoms with E-state index in [1.807, 2.05) is 20.8 Å². The van der Waals surface area contributed by atoms with Crippen molar-refractivity contribution in [3.63, 3.8) is 0 Å². The summed E-state index contributed by atoms with van der Waals surface area (Å²) in [5.41, 5.74) is 4.84. The summed E-state index contributed by atoms with van der Waals surface area (Å²) in [6.45, 7) is 11.3. The van der Waals surface area contributed by atoms with Gasteiger partial charge in [-0.05, 0) is 26.2 Å². The highest BCUT2D eigenvalue weighted by Gasteiger charge is 2.30. The van der Waals surface area contributed by atoms with Crippen LogP contribution < -0.4 is 11.1 Å². The molecule has 0 aliphatic heterocycles. The number of alkyl carbamates (subject to hydrolysis) is 1. The Hall–Kier alpha value is -0.840. The van der Waals surface area contributed by atoms with E-state index in [1.165, 1.54) is 0 Å². The first-order chi connectivity index (χ1) is 6.93. The van der Waals surface area contributed by atoms with E-state index in [4.69, 9.17) is 22.7 Å². The van der Waals surface area contributed by atoms with Gasteiger partial charge in [0.25, 0.3) is 0 Å². The topological polar surface area (TPSA) is 64.3 Å². The quantitative estimate of drug-likeness (QED) is 0.733.